The van der Waals surface area contributed by atoms with Crippen LogP contribution >= 0.6 is 0 Å². The van der Waals surface area contributed by atoms with Gasteiger partial charge in [-0.2, -0.15) is 0 Å². The Morgan fingerprint density at radius 1 is 0.902 bits per heavy atom. The summed E-state index contributed by atoms with van der Waals surface area (Å²) in [7, 11) is 0. The summed E-state index contributed by atoms with van der Waals surface area (Å²) in [5.41, 5.74) is 6.64. The smallest absolute Gasteiger partial charge is 0.407 e. The summed E-state index contributed by atoms with van der Waals surface area (Å²) in [4.78, 5) is 57.7. The molecular weight excluding hydrogens is 646 g/mol. The lowest BCUT2D eigenvalue weighted by atomic mass is 9.92. The Kier molecular flexibility index (Phi) is 10.5. The van der Waals surface area contributed by atoms with Crippen LogP contribution in [0.25, 0.3) is 11.1 Å². The van der Waals surface area contributed by atoms with E-state index in [1.165, 1.54) is 0 Å². The first-order valence-electron chi connectivity index (χ1n) is 18.1. The van der Waals surface area contributed by atoms with Gasteiger partial charge in [0.2, 0.25) is 11.8 Å². The van der Waals surface area contributed by atoms with E-state index in [0.29, 0.717) is 38.8 Å². The molecule has 266 valence electrons. The molecule has 0 bridgehead atoms. The van der Waals surface area contributed by atoms with Crippen molar-refractivity contribution in [2.75, 3.05) is 26.4 Å². The van der Waals surface area contributed by atoms with Crippen LogP contribution in [0.15, 0.2) is 84.9 Å². The minimum atomic E-state index is -0.925. The second-order valence-corrected chi connectivity index (χ2v) is 14.0. The lowest BCUT2D eigenvalue weighted by molar-refractivity contribution is -0.151. The van der Waals surface area contributed by atoms with E-state index in [9.17, 15) is 24.3 Å². The minimum Gasteiger partial charge on any atom is -0.462 e. The number of nitrogens with one attached hydrogen (secondary N) is 1. The minimum absolute atomic E-state index is 0.0109. The first kappa shape index (κ1) is 34.5. The lowest BCUT2D eigenvalue weighted by Gasteiger charge is -2.37. The van der Waals surface area contributed by atoms with E-state index in [1.807, 2.05) is 60.7 Å². The van der Waals surface area contributed by atoms with Crippen molar-refractivity contribution >= 4 is 23.9 Å². The number of cyclic esters (lactones) is 1. The summed E-state index contributed by atoms with van der Waals surface area (Å²) < 4.78 is 11.5. The second kappa shape index (κ2) is 15.5. The fourth-order valence-electron chi connectivity index (χ4n) is 8.13. The van der Waals surface area contributed by atoms with Crippen LogP contribution in [0.1, 0.15) is 66.7 Å². The van der Waals surface area contributed by atoms with E-state index in [0.717, 1.165) is 39.8 Å². The number of carbonyl (C=O) groups is 4. The third kappa shape index (κ3) is 7.42. The summed E-state index contributed by atoms with van der Waals surface area (Å²) in [6.45, 7) is 0.911. The van der Waals surface area contributed by atoms with E-state index < -0.39 is 24.0 Å². The molecule has 3 aromatic rings. The molecule has 0 aromatic heterocycles. The highest BCUT2D eigenvalue weighted by atomic mass is 16.6. The number of benzene rings is 3. The average Bonchev–Trinajstić information content (AvgIpc) is 3.76. The molecule has 1 fully saturated rings. The van der Waals surface area contributed by atoms with Crippen molar-refractivity contribution in [1.29, 1.82) is 0 Å². The summed E-state index contributed by atoms with van der Waals surface area (Å²) >= 11 is 0. The fourth-order valence-corrected chi connectivity index (χ4v) is 8.13. The molecule has 10 nitrogen and oxygen atoms in total. The number of nitrogens with zero attached hydrogens (tertiary/aromatic N) is 2. The van der Waals surface area contributed by atoms with Crippen LogP contribution in [-0.2, 0) is 36.8 Å². The fraction of sp³-hybridized carbons (Fsp3) is 0.415. The SMILES string of the molecule is O=C(N[C@@H]1CCC=CC[C@H](CC(=O)N2Cc3ccccc3C[C@H]2CO)C(=O)N2CCC[C@H]2COC1=O)OCC1c2ccccc2-c2ccccc21. The summed E-state index contributed by atoms with van der Waals surface area (Å²) in [5.74, 6) is -1.55. The zero-order chi connectivity index (χ0) is 35.3. The Balaban J connectivity index is 1.00. The predicted molar refractivity (Wildman–Crippen MR) is 190 cm³/mol. The lowest BCUT2D eigenvalue weighted by Crippen LogP contribution is -2.48. The van der Waals surface area contributed by atoms with Crippen LogP contribution in [0.5, 0.6) is 0 Å². The summed E-state index contributed by atoms with van der Waals surface area (Å²) in [5, 5.41) is 12.9. The van der Waals surface area contributed by atoms with Gasteiger partial charge < -0.3 is 29.7 Å². The summed E-state index contributed by atoms with van der Waals surface area (Å²) in [6.07, 6.45) is 6.22. The van der Waals surface area contributed by atoms with E-state index >= 15 is 0 Å². The van der Waals surface area contributed by atoms with Crippen LogP contribution in [0.3, 0.4) is 0 Å². The van der Waals surface area contributed by atoms with E-state index in [1.54, 1.807) is 9.80 Å². The third-order valence-electron chi connectivity index (χ3n) is 10.9. The number of hydrogen-bond donors (Lipinski definition) is 2. The van der Waals surface area contributed by atoms with Crippen molar-refractivity contribution in [2.45, 2.75) is 75.5 Å². The van der Waals surface area contributed by atoms with E-state index in [-0.39, 0.29) is 62.5 Å². The average molecular weight is 692 g/mol. The first-order valence-corrected chi connectivity index (χ1v) is 18.1. The molecule has 51 heavy (non-hydrogen) atoms. The van der Waals surface area contributed by atoms with Gasteiger partial charge >= 0.3 is 12.1 Å². The van der Waals surface area contributed by atoms with Gasteiger partial charge in [0.05, 0.1) is 24.6 Å². The maximum Gasteiger partial charge on any atom is 0.407 e. The Bertz CT molecular complexity index is 1760. The third-order valence-corrected chi connectivity index (χ3v) is 10.9. The van der Waals surface area contributed by atoms with Crippen molar-refractivity contribution in [3.05, 3.63) is 107 Å². The topological polar surface area (TPSA) is 125 Å². The van der Waals surface area contributed by atoms with Crippen molar-refractivity contribution in [3.63, 3.8) is 0 Å². The molecule has 4 atom stereocenters. The Labute approximate surface area is 298 Å². The van der Waals surface area contributed by atoms with Crippen LogP contribution < -0.4 is 5.32 Å². The molecule has 3 aromatic carbocycles. The largest absolute Gasteiger partial charge is 0.462 e. The standard InChI is InChI=1S/C41H45N3O7/c45-24-31-21-27-11-4-5-13-29(27)23-44(31)38(46)22-28-12-2-1-3-19-37(40(48)50-25-30-14-10-20-43(30)39(28)47)42-41(49)51-26-36-34-17-8-6-15-32(34)33-16-7-9-18-35(33)36/h1-2,4-9,11,13,15-18,28,30-31,36-37,45H,3,10,12,14,19-26H2,(H,42,49)/t28-,30+,31+,37-/m1/s1. The molecule has 3 amide bonds. The molecule has 1 aliphatic carbocycles. The number of rotatable bonds is 6. The number of ether oxygens (including phenoxy) is 2. The quantitative estimate of drug-likeness (QED) is 0.272. The molecule has 7 rings (SSSR count). The molecule has 0 saturated carbocycles. The van der Waals surface area contributed by atoms with E-state index in [2.05, 4.69) is 29.6 Å². The van der Waals surface area contributed by atoms with Gasteiger partial charge in [-0.1, -0.05) is 84.9 Å². The van der Waals surface area contributed by atoms with Crippen LogP contribution in [0.2, 0.25) is 0 Å². The summed E-state index contributed by atoms with van der Waals surface area (Å²) in [6, 6.07) is 22.6. The Morgan fingerprint density at radius 3 is 2.35 bits per heavy atom. The van der Waals surface area contributed by atoms with Crippen molar-refractivity contribution in [2.24, 2.45) is 5.92 Å². The van der Waals surface area contributed by atoms with Gasteiger partial charge in [0, 0.05) is 25.4 Å². The van der Waals surface area contributed by atoms with Crippen molar-refractivity contribution in [3.8, 4) is 11.1 Å². The molecule has 2 N–H and O–H groups in total. The maximum atomic E-state index is 14.0. The molecular formula is C41H45N3O7. The Hall–Kier alpha value is -4.96. The number of allylic oxidation sites excluding steroid dienone is 2. The highest BCUT2D eigenvalue weighted by molar-refractivity contribution is 5.87. The highest BCUT2D eigenvalue weighted by Crippen LogP contribution is 2.44. The molecule has 4 aliphatic rings. The number of amides is 3. The molecule has 0 radical (unpaired) electrons. The number of fused-ring (bicyclic) bond motifs is 5. The van der Waals surface area contributed by atoms with Gasteiger partial charge in [0.15, 0.2) is 0 Å². The number of esters is 1. The van der Waals surface area contributed by atoms with Crippen molar-refractivity contribution < 1.29 is 33.8 Å². The molecule has 0 unspecified atom stereocenters. The van der Waals surface area contributed by atoms with Gasteiger partial charge in [-0.3, -0.25) is 9.59 Å². The number of aliphatic hydroxyl groups excluding tert-OH is 1. The van der Waals surface area contributed by atoms with Gasteiger partial charge in [0.1, 0.15) is 19.3 Å². The molecule has 3 heterocycles. The zero-order valence-corrected chi connectivity index (χ0v) is 28.7. The molecule has 1 saturated heterocycles. The van der Waals surface area contributed by atoms with Crippen LogP contribution in [0, 0.1) is 5.92 Å². The molecule has 0 spiro atoms. The van der Waals surface area contributed by atoms with Gasteiger partial charge in [-0.25, -0.2) is 9.59 Å². The zero-order valence-electron chi connectivity index (χ0n) is 28.7. The Morgan fingerprint density at radius 2 is 1.61 bits per heavy atom. The van der Waals surface area contributed by atoms with Crippen LogP contribution in [0.4, 0.5) is 4.79 Å². The molecule has 3 aliphatic heterocycles. The van der Waals surface area contributed by atoms with Gasteiger partial charge in [0.25, 0.3) is 0 Å². The normalized spacial score (nSPS) is 23.5. The number of alkyl carbamates (subject to hydrolysis) is 1. The van der Waals surface area contributed by atoms with Crippen LogP contribution in [-0.4, -0.2) is 83.3 Å². The number of carbonyl (C=O) groups excluding carboxylic acids is 4. The predicted octanol–water partition coefficient (Wildman–Crippen LogP) is 5.12. The first-order chi connectivity index (χ1) is 24.9. The highest BCUT2D eigenvalue weighted by Gasteiger charge is 2.38. The van der Waals surface area contributed by atoms with E-state index in [4.69, 9.17) is 9.47 Å². The number of hydrogen-bond acceptors (Lipinski definition) is 7. The maximum absolute atomic E-state index is 14.0. The molecule has 10 heteroatoms. The van der Waals surface area contributed by atoms with Gasteiger partial charge in [-0.05, 0) is 71.9 Å². The number of aliphatic hydroxyl groups is 1. The monoisotopic (exact) mass is 691 g/mol. The van der Waals surface area contributed by atoms with Crippen molar-refractivity contribution in [1.82, 2.24) is 15.1 Å². The second-order valence-electron chi connectivity index (χ2n) is 14.0. The van der Waals surface area contributed by atoms with Gasteiger partial charge in [-0.15, -0.1) is 0 Å².